The molecule has 1 aromatic rings. The standard InChI is InChI=1S/C21H28N2O3S2/c1-3-4-5-6-7-8-13-22(2)17-11-9-16(10-12-17)14-18-20(26)23(15-19(24)25)21(27)28-18/h9-12,14H,3-8,13,15H2,1-2H3,(H,24,25)/b18-14-. The number of carbonyl (C=O) groups excluding carboxylic acids is 1. The quantitative estimate of drug-likeness (QED) is 0.316. The van der Waals surface area contributed by atoms with Gasteiger partial charge < -0.3 is 10.0 Å². The predicted octanol–water partition coefficient (Wildman–Crippen LogP) is 4.77. The molecule has 0 aromatic heterocycles. The highest BCUT2D eigenvalue weighted by molar-refractivity contribution is 8.26. The van der Waals surface area contributed by atoms with E-state index in [-0.39, 0.29) is 10.2 Å². The fraction of sp³-hybridized carbons (Fsp3) is 0.476. The van der Waals surface area contributed by atoms with Crippen molar-refractivity contribution in [1.82, 2.24) is 4.90 Å². The van der Waals surface area contributed by atoms with Gasteiger partial charge in [0.15, 0.2) is 0 Å². The van der Waals surface area contributed by atoms with E-state index in [0.717, 1.165) is 34.5 Å². The summed E-state index contributed by atoms with van der Waals surface area (Å²) in [7, 11) is 2.10. The number of amides is 1. The van der Waals surface area contributed by atoms with E-state index in [4.69, 9.17) is 17.3 Å². The molecule has 7 heteroatoms. The van der Waals surface area contributed by atoms with Crippen LogP contribution >= 0.6 is 24.0 Å². The Morgan fingerprint density at radius 3 is 2.46 bits per heavy atom. The van der Waals surface area contributed by atoms with Gasteiger partial charge in [-0.05, 0) is 30.2 Å². The number of anilines is 1. The van der Waals surface area contributed by atoms with Gasteiger partial charge in [0.25, 0.3) is 5.91 Å². The number of carboxylic acid groups (broad SMARTS) is 1. The Labute approximate surface area is 176 Å². The molecule has 1 heterocycles. The Balaban J connectivity index is 1.90. The number of thioether (sulfide) groups is 1. The second-order valence-corrected chi connectivity index (χ2v) is 8.62. The topological polar surface area (TPSA) is 60.9 Å². The van der Waals surface area contributed by atoms with Gasteiger partial charge in [-0.1, -0.05) is 75.1 Å². The summed E-state index contributed by atoms with van der Waals surface area (Å²) >= 11 is 6.26. The zero-order valence-electron chi connectivity index (χ0n) is 16.5. The molecule has 1 N–H and O–H groups in total. The van der Waals surface area contributed by atoms with Gasteiger partial charge >= 0.3 is 5.97 Å². The van der Waals surface area contributed by atoms with E-state index in [1.165, 1.54) is 38.5 Å². The Kier molecular flexibility index (Phi) is 8.99. The van der Waals surface area contributed by atoms with Crippen LogP contribution in [0.25, 0.3) is 6.08 Å². The molecule has 0 unspecified atom stereocenters. The van der Waals surface area contributed by atoms with Crippen molar-refractivity contribution in [3.8, 4) is 0 Å². The van der Waals surface area contributed by atoms with Crippen molar-refractivity contribution in [1.29, 1.82) is 0 Å². The molecule has 5 nitrogen and oxygen atoms in total. The summed E-state index contributed by atoms with van der Waals surface area (Å²) in [5, 5.41) is 8.90. The van der Waals surface area contributed by atoms with Crippen LogP contribution in [0.5, 0.6) is 0 Å². The molecule has 1 amide bonds. The Bertz CT molecular complexity index is 732. The van der Waals surface area contributed by atoms with Crippen molar-refractivity contribution in [2.45, 2.75) is 45.4 Å². The molecule has 0 aliphatic carbocycles. The van der Waals surface area contributed by atoms with Crippen molar-refractivity contribution in [3.05, 3.63) is 34.7 Å². The van der Waals surface area contributed by atoms with E-state index in [2.05, 4.69) is 18.9 Å². The van der Waals surface area contributed by atoms with Crippen molar-refractivity contribution >= 4 is 51.9 Å². The number of hydrogen-bond donors (Lipinski definition) is 1. The number of thiocarbonyl (C=S) groups is 1. The lowest BCUT2D eigenvalue weighted by atomic mass is 10.1. The highest BCUT2D eigenvalue weighted by Gasteiger charge is 2.33. The second kappa shape index (κ2) is 11.2. The molecule has 1 fully saturated rings. The van der Waals surface area contributed by atoms with Crippen LogP contribution in [0.3, 0.4) is 0 Å². The van der Waals surface area contributed by atoms with E-state index in [1.54, 1.807) is 6.08 Å². The first-order chi connectivity index (χ1) is 13.4. The van der Waals surface area contributed by atoms with Crippen molar-refractivity contribution in [2.75, 3.05) is 25.0 Å². The molecular weight excluding hydrogens is 392 g/mol. The average Bonchev–Trinajstić information content (AvgIpc) is 2.92. The van der Waals surface area contributed by atoms with Crippen LogP contribution in [-0.4, -0.2) is 46.3 Å². The molecule has 0 atom stereocenters. The lowest BCUT2D eigenvalue weighted by Gasteiger charge is -2.19. The lowest BCUT2D eigenvalue weighted by Crippen LogP contribution is -2.33. The fourth-order valence-corrected chi connectivity index (χ4v) is 4.26. The number of rotatable bonds is 11. The Hall–Kier alpha value is -1.86. The third-order valence-corrected chi connectivity index (χ3v) is 6.02. The van der Waals surface area contributed by atoms with E-state index in [9.17, 15) is 9.59 Å². The maximum atomic E-state index is 12.3. The van der Waals surface area contributed by atoms with Gasteiger partial charge in [0.2, 0.25) is 0 Å². The third kappa shape index (κ3) is 6.63. The van der Waals surface area contributed by atoms with Crippen molar-refractivity contribution in [2.24, 2.45) is 0 Å². The minimum atomic E-state index is -1.07. The summed E-state index contributed by atoms with van der Waals surface area (Å²) < 4.78 is 0.286. The lowest BCUT2D eigenvalue weighted by molar-refractivity contribution is -0.140. The van der Waals surface area contributed by atoms with Crippen LogP contribution in [0.1, 0.15) is 51.0 Å². The molecular formula is C21H28N2O3S2. The smallest absolute Gasteiger partial charge is 0.323 e. The molecule has 1 saturated heterocycles. The zero-order chi connectivity index (χ0) is 20.5. The molecule has 1 aliphatic heterocycles. The summed E-state index contributed by atoms with van der Waals surface area (Å²) in [5.74, 6) is -1.42. The molecule has 28 heavy (non-hydrogen) atoms. The summed E-state index contributed by atoms with van der Waals surface area (Å²) in [6, 6.07) is 8.02. The van der Waals surface area contributed by atoms with E-state index >= 15 is 0 Å². The van der Waals surface area contributed by atoms with Crippen LogP contribution in [-0.2, 0) is 9.59 Å². The van der Waals surface area contributed by atoms with Gasteiger partial charge in [0.1, 0.15) is 10.9 Å². The first-order valence-corrected chi connectivity index (χ1v) is 10.9. The van der Waals surface area contributed by atoms with E-state index in [0.29, 0.717) is 4.91 Å². The molecule has 1 aliphatic rings. The Morgan fingerprint density at radius 2 is 1.82 bits per heavy atom. The molecule has 0 bridgehead atoms. The number of hydrogen-bond acceptors (Lipinski definition) is 5. The van der Waals surface area contributed by atoms with Crippen LogP contribution in [0.4, 0.5) is 5.69 Å². The first-order valence-electron chi connectivity index (χ1n) is 9.70. The minimum absolute atomic E-state index is 0.286. The monoisotopic (exact) mass is 420 g/mol. The Morgan fingerprint density at radius 1 is 1.18 bits per heavy atom. The predicted molar refractivity (Wildman–Crippen MR) is 121 cm³/mol. The van der Waals surface area contributed by atoms with Gasteiger partial charge in [-0.2, -0.15) is 0 Å². The summed E-state index contributed by atoms with van der Waals surface area (Å²) in [6.45, 7) is 2.86. The second-order valence-electron chi connectivity index (χ2n) is 6.94. The van der Waals surface area contributed by atoms with Gasteiger partial charge in [-0.25, -0.2) is 0 Å². The number of carbonyl (C=O) groups is 2. The number of carboxylic acids is 1. The highest BCUT2D eigenvalue weighted by Crippen LogP contribution is 2.32. The molecule has 152 valence electrons. The van der Waals surface area contributed by atoms with E-state index in [1.807, 2.05) is 24.3 Å². The number of aliphatic carboxylic acids is 1. The maximum Gasteiger partial charge on any atom is 0.323 e. The molecule has 1 aromatic carbocycles. The third-order valence-electron chi connectivity index (χ3n) is 4.65. The maximum absolute atomic E-state index is 12.3. The van der Waals surface area contributed by atoms with Crippen molar-refractivity contribution < 1.29 is 14.7 Å². The van der Waals surface area contributed by atoms with Gasteiger partial charge in [-0.3, -0.25) is 14.5 Å². The largest absolute Gasteiger partial charge is 0.480 e. The number of nitrogens with zero attached hydrogens (tertiary/aromatic N) is 2. The van der Waals surface area contributed by atoms with Crippen LogP contribution in [0.2, 0.25) is 0 Å². The summed E-state index contributed by atoms with van der Waals surface area (Å²) in [6.07, 6.45) is 9.45. The normalized spacial score (nSPS) is 15.5. The van der Waals surface area contributed by atoms with Gasteiger partial charge in [0.05, 0.1) is 4.91 Å². The highest BCUT2D eigenvalue weighted by atomic mass is 32.2. The number of unbranched alkanes of at least 4 members (excludes halogenated alkanes) is 5. The SMILES string of the molecule is CCCCCCCCN(C)c1ccc(/C=C2\SC(=S)N(CC(=O)O)C2=O)cc1. The summed E-state index contributed by atoms with van der Waals surface area (Å²) in [5.41, 5.74) is 2.04. The molecule has 0 saturated carbocycles. The fourth-order valence-electron chi connectivity index (χ4n) is 3.01. The van der Waals surface area contributed by atoms with Crippen LogP contribution in [0.15, 0.2) is 29.2 Å². The van der Waals surface area contributed by atoms with Crippen LogP contribution < -0.4 is 4.90 Å². The molecule has 2 rings (SSSR count). The summed E-state index contributed by atoms with van der Waals surface area (Å²) in [4.78, 5) is 27.0. The molecule has 0 radical (unpaired) electrons. The van der Waals surface area contributed by atoms with Gasteiger partial charge in [0, 0.05) is 19.3 Å². The minimum Gasteiger partial charge on any atom is -0.480 e. The zero-order valence-corrected chi connectivity index (χ0v) is 18.2. The van der Waals surface area contributed by atoms with Crippen LogP contribution in [0, 0.1) is 0 Å². The average molecular weight is 421 g/mol. The van der Waals surface area contributed by atoms with E-state index < -0.39 is 12.5 Å². The van der Waals surface area contributed by atoms with Crippen molar-refractivity contribution in [3.63, 3.8) is 0 Å². The van der Waals surface area contributed by atoms with Gasteiger partial charge in [-0.15, -0.1) is 0 Å². The number of benzene rings is 1. The molecule has 0 spiro atoms. The first kappa shape index (κ1) is 22.4.